The summed E-state index contributed by atoms with van der Waals surface area (Å²) in [5.74, 6) is -0.529. The highest BCUT2D eigenvalue weighted by Gasteiger charge is 2.13. The number of aromatic nitrogens is 1. The highest BCUT2D eigenvalue weighted by Crippen LogP contribution is 2.16. The molecule has 0 aliphatic rings. The van der Waals surface area contributed by atoms with Crippen molar-refractivity contribution < 1.29 is 13.9 Å². The molecule has 0 saturated carbocycles. The van der Waals surface area contributed by atoms with Gasteiger partial charge in [0.2, 0.25) is 0 Å². The van der Waals surface area contributed by atoms with Crippen molar-refractivity contribution in [1.29, 1.82) is 0 Å². The molecule has 3 N–H and O–H groups in total. The summed E-state index contributed by atoms with van der Waals surface area (Å²) in [4.78, 5) is 16.2. The van der Waals surface area contributed by atoms with Crippen LogP contribution in [0.25, 0.3) is 0 Å². The first-order valence-electron chi connectivity index (χ1n) is 6.94. The van der Waals surface area contributed by atoms with Crippen molar-refractivity contribution in [2.45, 2.75) is 19.4 Å². The van der Waals surface area contributed by atoms with E-state index in [1.54, 1.807) is 30.5 Å². The van der Waals surface area contributed by atoms with Gasteiger partial charge < -0.3 is 15.8 Å². The monoisotopic (exact) mass is 359 g/mol. The van der Waals surface area contributed by atoms with Crippen LogP contribution in [0.3, 0.4) is 0 Å². The SMILES string of the molecule is CC(CNC(=O)c1csc(CCN)n1)Oc1ccccc1F.Cl. The Balaban J connectivity index is 0.00000264. The maximum absolute atomic E-state index is 13.5. The summed E-state index contributed by atoms with van der Waals surface area (Å²) in [5, 5.41) is 5.25. The van der Waals surface area contributed by atoms with E-state index >= 15 is 0 Å². The van der Waals surface area contributed by atoms with Crippen LogP contribution < -0.4 is 15.8 Å². The number of benzene rings is 1. The highest BCUT2D eigenvalue weighted by molar-refractivity contribution is 7.09. The van der Waals surface area contributed by atoms with Crippen LogP contribution in [0.2, 0.25) is 0 Å². The molecule has 2 rings (SSSR count). The molecule has 0 fully saturated rings. The molecule has 0 bridgehead atoms. The molecule has 1 unspecified atom stereocenters. The largest absolute Gasteiger partial charge is 0.486 e. The number of nitrogens with one attached hydrogen (secondary N) is 1. The molecule has 1 atom stereocenters. The summed E-state index contributed by atoms with van der Waals surface area (Å²) in [6, 6.07) is 6.16. The van der Waals surface area contributed by atoms with E-state index < -0.39 is 5.82 Å². The first kappa shape index (κ1) is 19.3. The van der Waals surface area contributed by atoms with Gasteiger partial charge in [-0.25, -0.2) is 9.37 Å². The smallest absolute Gasteiger partial charge is 0.270 e. The van der Waals surface area contributed by atoms with E-state index in [0.717, 1.165) is 5.01 Å². The molecule has 5 nitrogen and oxygen atoms in total. The van der Waals surface area contributed by atoms with Gasteiger partial charge in [0.05, 0.1) is 11.6 Å². The second kappa shape index (κ2) is 9.44. The predicted octanol–water partition coefficient (Wildman–Crippen LogP) is 2.40. The number of hydrogen-bond acceptors (Lipinski definition) is 5. The van der Waals surface area contributed by atoms with Crippen LogP contribution in [-0.4, -0.2) is 30.1 Å². The quantitative estimate of drug-likeness (QED) is 0.795. The summed E-state index contributed by atoms with van der Waals surface area (Å²) in [5.41, 5.74) is 5.82. The van der Waals surface area contributed by atoms with Crippen LogP contribution in [-0.2, 0) is 6.42 Å². The standard InChI is InChI=1S/C15H18FN3O2S.ClH/c1-10(21-13-5-3-2-4-11(13)16)8-18-15(20)12-9-22-14(19-12)6-7-17;/h2-5,9-10H,6-8,17H2,1H3,(H,18,20);1H. The van der Waals surface area contributed by atoms with Gasteiger partial charge >= 0.3 is 0 Å². The third kappa shape index (κ3) is 5.78. The Kier molecular flexibility index (Phi) is 7.94. The fourth-order valence-corrected chi connectivity index (χ4v) is 2.57. The minimum Gasteiger partial charge on any atom is -0.486 e. The van der Waals surface area contributed by atoms with Gasteiger partial charge in [-0.05, 0) is 25.6 Å². The van der Waals surface area contributed by atoms with Gasteiger partial charge in [0.1, 0.15) is 11.8 Å². The molecule has 2 aromatic rings. The topological polar surface area (TPSA) is 77.2 Å². The predicted molar refractivity (Wildman–Crippen MR) is 90.9 cm³/mol. The molecule has 23 heavy (non-hydrogen) atoms. The highest BCUT2D eigenvalue weighted by atomic mass is 35.5. The molecular weight excluding hydrogens is 341 g/mol. The molecule has 1 heterocycles. The van der Waals surface area contributed by atoms with Gasteiger partial charge in [0, 0.05) is 11.8 Å². The van der Waals surface area contributed by atoms with Crippen LogP contribution >= 0.6 is 23.7 Å². The molecule has 1 aromatic heterocycles. The van der Waals surface area contributed by atoms with E-state index in [2.05, 4.69) is 10.3 Å². The van der Waals surface area contributed by atoms with Crippen molar-refractivity contribution in [3.8, 4) is 5.75 Å². The molecule has 1 aromatic carbocycles. The Morgan fingerprint density at radius 1 is 1.48 bits per heavy atom. The Bertz CT molecular complexity index is 639. The van der Waals surface area contributed by atoms with E-state index in [9.17, 15) is 9.18 Å². The third-order valence-corrected chi connectivity index (χ3v) is 3.77. The van der Waals surface area contributed by atoms with Crippen molar-refractivity contribution >= 4 is 29.7 Å². The number of nitrogens with two attached hydrogens (primary N) is 1. The molecule has 0 aliphatic heterocycles. The van der Waals surface area contributed by atoms with Crippen molar-refractivity contribution in [3.05, 3.63) is 46.2 Å². The Morgan fingerprint density at radius 3 is 2.91 bits per heavy atom. The Morgan fingerprint density at radius 2 is 2.22 bits per heavy atom. The lowest BCUT2D eigenvalue weighted by Crippen LogP contribution is -2.33. The number of ether oxygens (including phenoxy) is 1. The van der Waals surface area contributed by atoms with Crippen molar-refractivity contribution in [2.75, 3.05) is 13.1 Å². The average Bonchev–Trinajstić information content (AvgIpc) is 2.96. The van der Waals surface area contributed by atoms with Crippen LogP contribution in [0.4, 0.5) is 4.39 Å². The van der Waals surface area contributed by atoms with Gasteiger partial charge in [-0.3, -0.25) is 4.79 Å². The number of para-hydroxylation sites is 1. The van der Waals surface area contributed by atoms with Crippen molar-refractivity contribution in [1.82, 2.24) is 10.3 Å². The summed E-state index contributed by atoms with van der Waals surface area (Å²) in [6.45, 7) is 2.52. The van der Waals surface area contributed by atoms with E-state index in [1.165, 1.54) is 17.4 Å². The molecule has 8 heteroatoms. The summed E-state index contributed by atoms with van der Waals surface area (Å²) < 4.78 is 18.9. The molecule has 1 amide bonds. The Hall–Kier alpha value is -1.70. The fraction of sp³-hybridized carbons (Fsp3) is 0.333. The van der Waals surface area contributed by atoms with Gasteiger partial charge in [0.15, 0.2) is 11.6 Å². The minimum atomic E-state index is -0.424. The van der Waals surface area contributed by atoms with Crippen LogP contribution in [0.1, 0.15) is 22.4 Å². The zero-order chi connectivity index (χ0) is 15.9. The molecule has 0 radical (unpaired) electrons. The lowest BCUT2D eigenvalue weighted by Gasteiger charge is -2.15. The first-order chi connectivity index (χ1) is 10.6. The van der Waals surface area contributed by atoms with Crippen LogP contribution in [0, 0.1) is 5.82 Å². The number of hydrogen-bond donors (Lipinski definition) is 2. The zero-order valence-electron chi connectivity index (χ0n) is 12.6. The number of thiazole rings is 1. The number of amides is 1. The molecule has 0 spiro atoms. The van der Waals surface area contributed by atoms with E-state index in [-0.39, 0.29) is 36.7 Å². The fourth-order valence-electron chi connectivity index (χ4n) is 1.78. The van der Waals surface area contributed by atoms with Gasteiger partial charge in [-0.1, -0.05) is 12.1 Å². The maximum atomic E-state index is 13.5. The number of carbonyl (C=O) groups excluding carboxylic acids is 1. The minimum absolute atomic E-state index is 0. The van der Waals surface area contributed by atoms with Gasteiger partial charge in [-0.15, -0.1) is 23.7 Å². The lowest BCUT2D eigenvalue weighted by molar-refractivity contribution is 0.0926. The number of halogens is 2. The normalized spacial score (nSPS) is 11.4. The van der Waals surface area contributed by atoms with Crippen molar-refractivity contribution in [3.63, 3.8) is 0 Å². The Labute approximate surface area is 144 Å². The molecule has 0 aliphatic carbocycles. The summed E-state index contributed by atoms with van der Waals surface area (Å²) in [6.07, 6.45) is 0.299. The van der Waals surface area contributed by atoms with Gasteiger partial charge in [-0.2, -0.15) is 0 Å². The van der Waals surface area contributed by atoms with E-state index in [0.29, 0.717) is 18.7 Å². The lowest BCUT2D eigenvalue weighted by atomic mass is 10.3. The molecule has 0 saturated heterocycles. The number of carbonyl (C=O) groups is 1. The summed E-state index contributed by atoms with van der Waals surface area (Å²) in [7, 11) is 0. The number of rotatable bonds is 7. The zero-order valence-corrected chi connectivity index (χ0v) is 14.3. The molecule has 126 valence electrons. The first-order valence-corrected chi connectivity index (χ1v) is 7.82. The van der Waals surface area contributed by atoms with Crippen molar-refractivity contribution in [2.24, 2.45) is 5.73 Å². The van der Waals surface area contributed by atoms with Crippen LogP contribution in [0.5, 0.6) is 5.75 Å². The second-order valence-corrected chi connectivity index (χ2v) is 5.68. The van der Waals surface area contributed by atoms with E-state index in [4.69, 9.17) is 10.5 Å². The average molecular weight is 360 g/mol. The second-order valence-electron chi connectivity index (χ2n) is 4.73. The number of nitrogens with zero attached hydrogens (tertiary/aromatic N) is 1. The molecular formula is C15H19ClFN3O2S. The summed E-state index contributed by atoms with van der Waals surface area (Å²) >= 11 is 1.41. The van der Waals surface area contributed by atoms with Gasteiger partial charge in [0.25, 0.3) is 5.91 Å². The van der Waals surface area contributed by atoms with E-state index in [1.807, 2.05) is 0 Å². The van der Waals surface area contributed by atoms with Crippen LogP contribution in [0.15, 0.2) is 29.6 Å². The maximum Gasteiger partial charge on any atom is 0.270 e. The third-order valence-electron chi connectivity index (χ3n) is 2.86.